The largest absolute Gasteiger partial charge is 0.170 e. The summed E-state index contributed by atoms with van der Waals surface area (Å²) in [5.74, 6) is 1.74. The highest BCUT2D eigenvalue weighted by Gasteiger charge is 2.32. The highest BCUT2D eigenvalue weighted by molar-refractivity contribution is 7.88. The zero-order valence-corrected chi connectivity index (χ0v) is 12.8. The van der Waals surface area contributed by atoms with Crippen molar-refractivity contribution in [1.82, 2.24) is 0 Å². The van der Waals surface area contributed by atoms with Crippen LogP contribution in [0.5, 0.6) is 0 Å². The van der Waals surface area contributed by atoms with Crippen molar-refractivity contribution in [2.24, 2.45) is 0 Å². The number of hydrogen-bond acceptors (Lipinski definition) is 2. The Morgan fingerprint density at radius 1 is 1.00 bits per heavy atom. The molecule has 0 saturated heterocycles. The van der Waals surface area contributed by atoms with E-state index in [2.05, 4.69) is 49.9 Å². The molecular formula is C17H18S2. The van der Waals surface area contributed by atoms with Crippen molar-refractivity contribution in [2.45, 2.75) is 42.8 Å². The van der Waals surface area contributed by atoms with Gasteiger partial charge in [0.05, 0.1) is 0 Å². The van der Waals surface area contributed by atoms with Crippen molar-refractivity contribution in [3.63, 3.8) is 0 Å². The normalized spacial score (nSPS) is 34.8. The molecule has 19 heavy (non-hydrogen) atoms. The molecule has 0 N–H and O–H groups in total. The summed E-state index contributed by atoms with van der Waals surface area (Å²) in [5, 5.41) is 0.241. The van der Waals surface area contributed by atoms with E-state index in [1.807, 2.05) is 0 Å². The Hall–Kier alpha value is -0.600. The summed E-state index contributed by atoms with van der Waals surface area (Å²) in [6.45, 7) is 2.27. The summed E-state index contributed by atoms with van der Waals surface area (Å²) >= 11 is 9.29. The Kier molecular flexibility index (Phi) is 2.69. The van der Waals surface area contributed by atoms with Gasteiger partial charge in [-0.05, 0) is 52.0 Å². The van der Waals surface area contributed by atoms with E-state index in [-0.39, 0.29) is 5.25 Å². The monoisotopic (exact) mass is 286 g/mol. The van der Waals surface area contributed by atoms with Crippen LogP contribution in [-0.2, 0) is 0 Å². The summed E-state index contributed by atoms with van der Waals surface area (Å²) in [4.78, 5) is 1.10. The Labute approximate surface area is 125 Å². The van der Waals surface area contributed by atoms with Crippen molar-refractivity contribution in [3.05, 3.63) is 51.4 Å². The van der Waals surface area contributed by atoms with Crippen LogP contribution in [0.2, 0.25) is 0 Å². The Morgan fingerprint density at radius 3 is 2.26 bits per heavy atom. The van der Waals surface area contributed by atoms with Crippen LogP contribution in [0.25, 0.3) is 6.08 Å². The highest BCUT2D eigenvalue weighted by Crippen LogP contribution is 2.48. The molecule has 0 nitrogen and oxygen atoms in total. The second kappa shape index (κ2) is 4.20. The molecular weight excluding hydrogens is 268 g/mol. The molecule has 98 valence electrons. The first-order valence-electron chi connectivity index (χ1n) is 7.10. The average molecular weight is 286 g/mol. The van der Waals surface area contributed by atoms with Gasteiger partial charge < -0.3 is 0 Å². The van der Waals surface area contributed by atoms with E-state index in [9.17, 15) is 0 Å². The van der Waals surface area contributed by atoms with Crippen LogP contribution in [0.4, 0.5) is 0 Å². The zero-order chi connectivity index (χ0) is 13.1. The number of rotatable bonds is 0. The quantitative estimate of drug-likeness (QED) is 0.492. The molecule has 4 atom stereocenters. The lowest BCUT2D eigenvalue weighted by Crippen LogP contribution is -2.21. The van der Waals surface area contributed by atoms with Gasteiger partial charge in [-0.1, -0.05) is 31.2 Å². The van der Waals surface area contributed by atoms with E-state index in [1.54, 1.807) is 11.1 Å². The van der Waals surface area contributed by atoms with Gasteiger partial charge in [-0.2, -0.15) is 12.6 Å². The van der Waals surface area contributed by atoms with E-state index in [0.717, 1.165) is 4.91 Å². The average Bonchev–Trinajstić information content (AvgIpc) is 2.45. The first-order valence-corrected chi connectivity index (χ1v) is 8.06. The van der Waals surface area contributed by atoms with E-state index < -0.39 is 0 Å². The van der Waals surface area contributed by atoms with E-state index in [1.165, 1.54) is 24.0 Å². The summed E-state index contributed by atoms with van der Waals surface area (Å²) in [7, 11) is 0. The van der Waals surface area contributed by atoms with Crippen LogP contribution in [0.3, 0.4) is 0 Å². The van der Waals surface area contributed by atoms with Gasteiger partial charge in [0.2, 0.25) is 0 Å². The molecule has 3 unspecified atom stereocenters. The molecule has 0 aliphatic heterocycles. The van der Waals surface area contributed by atoms with Crippen molar-refractivity contribution in [1.29, 1.82) is 0 Å². The van der Waals surface area contributed by atoms with Crippen molar-refractivity contribution in [3.8, 4) is 0 Å². The third-order valence-electron chi connectivity index (χ3n) is 5.02. The molecule has 1 aromatic rings. The Morgan fingerprint density at radius 2 is 1.63 bits per heavy atom. The molecule has 0 heterocycles. The molecule has 0 aromatic heterocycles. The molecule has 0 spiro atoms. The number of fused-ring (bicyclic) bond motifs is 2. The van der Waals surface area contributed by atoms with Crippen LogP contribution >= 0.6 is 25.3 Å². The van der Waals surface area contributed by atoms with Gasteiger partial charge in [-0.25, -0.2) is 0 Å². The van der Waals surface area contributed by atoms with E-state index >= 15 is 0 Å². The summed E-state index contributed by atoms with van der Waals surface area (Å²) in [5.41, 5.74) is 5.94. The number of hydrogen-bond donors (Lipinski definition) is 2. The van der Waals surface area contributed by atoms with Gasteiger partial charge in [0, 0.05) is 17.1 Å². The fourth-order valence-electron chi connectivity index (χ4n) is 3.84. The maximum absolute atomic E-state index is 4.70. The van der Waals surface area contributed by atoms with E-state index in [4.69, 9.17) is 12.6 Å². The number of thiol groups is 2. The standard InChI is InChI=1S/C17H18S2/c1-9-13-8-15-11-4-2-10(3-5-11)14(15)6-12(13)7-16(18)17(9)19/h2,4,6-11,17-19H,3,5H2,1H3/t9-,10?,11?,17?/m1/s1. The highest BCUT2D eigenvalue weighted by atomic mass is 32.1. The van der Waals surface area contributed by atoms with Crippen LogP contribution < -0.4 is 0 Å². The SMILES string of the molecule is C[C@@H]1c2cc3c(cc2C=C(S)C1S)C1C=CC3CC1. The van der Waals surface area contributed by atoms with Crippen LogP contribution in [-0.4, -0.2) is 5.25 Å². The predicted molar refractivity (Wildman–Crippen MR) is 88.5 cm³/mol. The molecule has 0 saturated carbocycles. The predicted octanol–water partition coefficient (Wildman–Crippen LogP) is 4.90. The third-order valence-corrected chi connectivity index (χ3v) is 6.36. The molecule has 1 aromatic carbocycles. The first-order chi connectivity index (χ1) is 9.15. The minimum atomic E-state index is 0.241. The van der Waals surface area contributed by atoms with Crippen molar-refractivity contribution < 1.29 is 0 Å². The molecule has 0 radical (unpaired) electrons. The first kappa shape index (κ1) is 12.2. The minimum absolute atomic E-state index is 0.241. The Balaban J connectivity index is 1.92. The van der Waals surface area contributed by atoms with Crippen LogP contribution in [0.1, 0.15) is 59.8 Å². The smallest absolute Gasteiger partial charge is 0.0390 e. The molecule has 0 fully saturated rings. The van der Waals surface area contributed by atoms with E-state index in [0.29, 0.717) is 17.8 Å². The van der Waals surface area contributed by atoms with Crippen LogP contribution in [0, 0.1) is 0 Å². The lowest BCUT2D eigenvalue weighted by Gasteiger charge is -2.36. The molecule has 2 heteroatoms. The zero-order valence-electron chi connectivity index (χ0n) is 11.0. The second-order valence-electron chi connectivity index (χ2n) is 6.09. The van der Waals surface area contributed by atoms with Crippen molar-refractivity contribution in [2.75, 3.05) is 0 Å². The second-order valence-corrected chi connectivity index (χ2v) is 7.16. The van der Waals surface area contributed by atoms with Gasteiger partial charge in [0.1, 0.15) is 0 Å². The lowest BCUT2D eigenvalue weighted by molar-refractivity contribution is 0.551. The topological polar surface area (TPSA) is 0 Å². The fourth-order valence-corrected chi connectivity index (χ4v) is 4.44. The molecule has 4 aliphatic rings. The molecule has 4 aliphatic carbocycles. The number of benzene rings is 1. The van der Waals surface area contributed by atoms with Gasteiger partial charge in [0.15, 0.2) is 0 Å². The lowest BCUT2D eigenvalue weighted by atomic mass is 9.69. The van der Waals surface area contributed by atoms with Crippen LogP contribution in [0.15, 0.2) is 29.2 Å². The molecule has 2 bridgehead atoms. The van der Waals surface area contributed by atoms with Gasteiger partial charge >= 0.3 is 0 Å². The molecule has 0 amide bonds. The summed E-state index contributed by atoms with van der Waals surface area (Å²) in [6.07, 6.45) is 9.66. The van der Waals surface area contributed by atoms with Gasteiger partial charge in [-0.3, -0.25) is 0 Å². The minimum Gasteiger partial charge on any atom is -0.170 e. The van der Waals surface area contributed by atoms with Gasteiger partial charge in [-0.15, -0.1) is 12.6 Å². The van der Waals surface area contributed by atoms with Gasteiger partial charge in [0.25, 0.3) is 0 Å². The van der Waals surface area contributed by atoms with Crippen molar-refractivity contribution >= 4 is 31.3 Å². The molecule has 5 rings (SSSR count). The summed E-state index contributed by atoms with van der Waals surface area (Å²) in [6, 6.07) is 4.87. The fraction of sp³-hybridized carbons (Fsp3) is 0.412. The maximum atomic E-state index is 4.70. The third kappa shape index (κ3) is 1.69. The Bertz CT molecular complexity index is 612. The summed E-state index contributed by atoms with van der Waals surface area (Å²) < 4.78 is 0. The maximum Gasteiger partial charge on any atom is 0.0390 e. The number of allylic oxidation sites excluding steroid dienone is 2.